The predicted octanol–water partition coefficient (Wildman–Crippen LogP) is 5.60. The van der Waals surface area contributed by atoms with Crippen LogP contribution < -0.4 is 14.2 Å². The number of benzene rings is 3. The summed E-state index contributed by atoms with van der Waals surface area (Å²) in [6.45, 7) is 2.23. The minimum Gasteiger partial charge on any atom is -0.467 e. The molecule has 0 aliphatic carbocycles. The van der Waals surface area contributed by atoms with Crippen molar-refractivity contribution in [1.82, 2.24) is 0 Å². The van der Waals surface area contributed by atoms with Crippen LogP contribution in [0.4, 0.5) is 4.39 Å². The summed E-state index contributed by atoms with van der Waals surface area (Å²) < 4.78 is 36.8. The summed E-state index contributed by atoms with van der Waals surface area (Å²) in [7, 11) is 0. The lowest BCUT2D eigenvalue weighted by atomic mass is 10.0. The zero-order valence-electron chi connectivity index (χ0n) is 17.3. The van der Waals surface area contributed by atoms with Gasteiger partial charge in [-0.2, -0.15) is 0 Å². The molecule has 0 N–H and O–H groups in total. The van der Waals surface area contributed by atoms with E-state index in [2.05, 4.69) is 15.9 Å². The lowest BCUT2D eigenvalue weighted by molar-refractivity contribution is -0.0165. The van der Waals surface area contributed by atoms with Gasteiger partial charge < -0.3 is 18.9 Å². The molecule has 0 bridgehead atoms. The molecule has 0 unspecified atom stereocenters. The van der Waals surface area contributed by atoms with Gasteiger partial charge in [-0.1, -0.05) is 28.1 Å². The van der Waals surface area contributed by atoms with Gasteiger partial charge in [-0.3, -0.25) is 4.79 Å². The second kappa shape index (κ2) is 8.46. The molecule has 2 heterocycles. The SMILES string of the molecule is Cc1cc(OC(=O)c2ccccc2F)cc2c1C(=O)/C(=C/c1cc(Br)cc3c1OCOC3)O2. The predicted molar refractivity (Wildman–Crippen MR) is 120 cm³/mol. The molecule has 6 nitrogen and oxygen atoms in total. The highest BCUT2D eigenvalue weighted by atomic mass is 79.9. The Bertz CT molecular complexity index is 1350. The molecule has 3 aromatic carbocycles. The number of ketones is 1. The molecule has 2 aliphatic rings. The Balaban J connectivity index is 1.46. The van der Waals surface area contributed by atoms with E-state index in [0.29, 0.717) is 29.0 Å². The normalized spacial score (nSPS) is 15.5. The monoisotopic (exact) mass is 510 g/mol. The molecular weight excluding hydrogens is 495 g/mol. The Morgan fingerprint density at radius 1 is 1.18 bits per heavy atom. The number of halogens is 2. The van der Waals surface area contributed by atoms with Gasteiger partial charge in [-0.15, -0.1) is 0 Å². The number of fused-ring (bicyclic) bond motifs is 2. The highest BCUT2D eigenvalue weighted by Crippen LogP contribution is 2.39. The molecular formula is C25H16BrFO6. The zero-order valence-corrected chi connectivity index (χ0v) is 18.9. The molecule has 0 spiro atoms. The van der Waals surface area contributed by atoms with E-state index in [-0.39, 0.29) is 35.4 Å². The number of ether oxygens (including phenoxy) is 4. The summed E-state index contributed by atoms with van der Waals surface area (Å²) in [5.41, 5.74) is 2.28. The van der Waals surface area contributed by atoms with Gasteiger partial charge in [0.25, 0.3) is 0 Å². The molecule has 3 aromatic rings. The molecule has 166 valence electrons. The Labute approximate surface area is 196 Å². The minimum absolute atomic E-state index is 0.112. The lowest BCUT2D eigenvalue weighted by Gasteiger charge is -2.20. The topological polar surface area (TPSA) is 71.1 Å². The van der Waals surface area contributed by atoms with E-state index >= 15 is 0 Å². The van der Waals surface area contributed by atoms with Gasteiger partial charge >= 0.3 is 5.97 Å². The van der Waals surface area contributed by atoms with Gasteiger partial charge in [0.2, 0.25) is 5.78 Å². The maximum Gasteiger partial charge on any atom is 0.346 e. The van der Waals surface area contributed by atoms with Crippen molar-refractivity contribution in [2.45, 2.75) is 13.5 Å². The first-order chi connectivity index (χ1) is 15.9. The highest BCUT2D eigenvalue weighted by Gasteiger charge is 2.31. The molecule has 0 amide bonds. The number of esters is 1. The fraction of sp³-hybridized carbons (Fsp3) is 0.120. The average Bonchev–Trinajstić information content (AvgIpc) is 3.09. The zero-order chi connectivity index (χ0) is 23.1. The van der Waals surface area contributed by atoms with Crippen LogP contribution in [0.25, 0.3) is 6.08 Å². The quantitative estimate of drug-likeness (QED) is 0.259. The number of hydrogen-bond donors (Lipinski definition) is 0. The maximum atomic E-state index is 13.9. The van der Waals surface area contributed by atoms with Gasteiger partial charge in [-0.05, 0) is 48.9 Å². The van der Waals surface area contributed by atoms with Gasteiger partial charge in [0.05, 0.1) is 17.7 Å². The first kappa shape index (κ1) is 21.4. The minimum atomic E-state index is -0.840. The molecule has 5 rings (SSSR count). The smallest absolute Gasteiger partial charge is 0.346 e. The van der Waals surface area contributed by atoms with Crippen molar-refractivity contribution in [3.05, 3.63) is 92.4 Å². The van der Waals surface area contributed by atoms with Gasteiger partial charge in [0.15, 0.2) is 12.6 Å². The van der Waals surface area contributed by atoms with Crippen LogP contribution in [0.5, 0.6) is 17.2 Å². The third-order valence-corrected chi connectivity index (χ3v) is 5.70. The highest BCUT2D eigenvalue weighted by molar-refractivity contribution is 9.10. The summed E-state index contributed by atoms with van der Waals surface area (Å²) >= 11 is 3.46. The Morgan fingerprint density at radius 2 is 2.00 bits per heavy atom. The molecule has 0 saturated heterocycles. The van der Waals surface area contributed by atoms with Gasteiger partial charge in [0, 0.05) is 21.7 Å². The number of allylic oxidation sites excluding steroid dienone is 1. The molecule has 0 atom stereocenters. The lowest BCUT2D eigenvalue weighted by Crippen LogP contribution is -2.12. The summed E-state index contributed by atoms with van der Waals surface area (Å²) in [4.78, 5) is 25.4. The van der Waals surface area contributed by atoms with Crippen LogP contribution in [0.15, 0.2) is 58.8 Å². The third-order valence-electron chi connectivity index (χ3n) is 5.24. The van der Waals surface area contributed by atoms with Gasteiger partial charge in [0.1, 0.15) is 23.1 Å². The van der Waals surface area contributed by atoms with E-state index < -0.39 is 11.8 Å². The van der Waals surface area contributed by atoms with Crippen LogP contribution in [0, 0.1) is 12.7 Å². The summed E-state index contributed by atoms with van der Waals surface area (Å²) in [6, 6.07) is 12.3. The molecule has 0 aromatic heterocycles. The number of carbonyl (C=O) groups excluding carboxylic acids is 2. The van der Waals surface area contributed by atoms with Crippen LogP contribution in [0.3, 0.4) is 0 Å². The maximum absolute atomic E-state index is 13.9. The van der Waals surface area contributed by atoms with Crippen molar-refractivity contribution in [1.29, 1.82) is 0 Å². The number of carbonyl (C=O) groups is 2. The van der Waals surface area contributed by atoms with Crippen molar-refractivity contribution in [2.24, 2.45) is 0 Å². The van der Waals surface area contributed by atoms with Crippen molar-refractivity contribution >= 4 is 33.8 Å². The van der Waals surface area contributed by atoms with Crippen molar-refractivity contribution in [3.63, 3.8) is 0 Å². The van der Waals surface area contributed by atoms with Crippen molar-refractivity contribution < 1.29 is 32.9 Å². The van der Waals surface area contributed by atoms with Crippen LogP contribution in [0.2, 0.25) is 0 Å². The molecule has 8 heteroatoms. The van der Waals surface area contributed by atoms with Crippen molar-refractivity contribution in [2.75, 3.05) is 6.79 Å². The van der Waals surface area contributed by atoms with E-state index in [1.807, 2.05) is 12.1 Å². The second-order valence-electron chi connectivity index (χ2n) is 7.52. The number of Topliss-reactive ketones (excluding diaryl/α,β-unsaturated/α-hetero) is 1. The Kier molecular flexibility index (Phi) is 5.47. The van der Waals surface area contributed by atoms with E-state index in [9.17, 15) is 14.0 Å². The van der Waals surface area contributed by atoms with E-state index in [1.54, 1.807) is 25.1 Å². The largest absolute Gasteiger partial charge is 0.467 e. The average molecular weight is 511 g/mol. The van der Waals surface area contributed by atoms with E-state index in [4.69, 9.17) is 18.9 Å². The number of aryl methyl sites for hydroxylation is 1. The standard InChI is InChI=1S/C25H16BrFO6/c1-13-6-17(32-25(29)18-4-2-3-5-19(18)27)10-20-22(13)23(28)21(33-20)9-14-7-16(26)8-15-11-30-12-31-24(14)15/h2-10H,11-12H2,1H3/b21-9-. The summed E-state index contributed by atoms with van der Waals surface area (Å²) in [5.74, 6) is -0.670. The van der Waals surface area contributed by atoms with Crippen LogP contribution in [-0.2, 0) is 11.3 Å². The van der Waals surface area contributed by atoms with Crippen molar-refractivity contribution in [3.8, 4) is 17.2 Å². The first-order valence-corrected chi connectivity index (χ1v) is 10.8. The molecule has 33 heavy (non-hydrogen) atoms. The molecule has 0 saturated carbocycles. The van der Waals surface area contributed by atoms with Crippen LogP contribution in [-0.4, -0.2) is 18.5 Å². The number of rotatable bonds is 3. The number of hydrogen-bond acceptors (Lipinski definition) is 6. The third kappa shape index (κ3) is 4.03. The van der Waals surface area contributed by atoms with Gasteiger partial charge in [-0.25, -0.2) is 9.18 Å². The van der Waals surface area contributed by atoms with E-state index in [1.165, 1.54) is 24.3 Å². The summed E-state index contributed by atoms with van der Waals surface area (Å²) in [6.07, 6.45) is 1.61. The van der Waals surface area contributed by atoms with E-state index in [0.717, 1.165) is 10.0 Å². The fourth-order valence-electron chi connectivity index (χ4n) is 3.78. The first-order valence-electron chi connectivity index (χ1n) is 9.99. The summed E-state index contributed by atoms with van der Waals surface area (Å²) in [5, 5.41) is 0. The van der Waals surface area contributed by atoms with Crippen LogP contribution in [0.1, 0.15) is 37.4 Å². The molecule has 2 aliphatic heterocycles. The molecule has 0 fully saturated rings. The second-order valence-corrected chi connectivity index (χ2v) is 8.43. The fourth-order valence-corrected chi connectivity index (χ4v) is 4.31. The Hall–Kier alpha value is -3.49. The Morgan fingerprint density at radius 3 is 2.82 bits per heavy atom. The molecule has 0 radical (unpaired) electrons. The van der Waals surface area contributed by atoms with Crippen LogP contribution >= 0.6 is 15.9 Å².